The summed E-state index contributed by atoms with van der Waals surface area (Å²) in [6, 6.07) is 11.2. The molecule has 2 atom stereocenters. The van der Waals surface area contributed by atoms with Crippen molar-refractivity contribution in [2.24, 2.45) is 0 Å². The predicted molar refractivity (Wildman–Crippen MR) is 111 cm³/mol. The molecule has 0 saturated carbocycles. The van der Waals surface area contributed by atoms with E-state index in [9.17, 15) is 14.0 Å². The third-order valence-corrected chi connectivity index (χ3v) is 5.45. The van der Waals surface area contributed by atoms with E-state index in [4.69, 9.17) is 16.3 Å². The van der Waals surface area contributed by atoms with Crippen LogP contribution in [0.1, 0.15) is 43.5 Å². The molecule has 7 heteroatoms. The molecule has 0 aliphatic carbocycles. The minimum absolute atomic E-state index is 0.0122. The van der Waals surface area contributed by atoms with Gasteiger partial charge in [0.1, 0.15) is 5.75 Å². The van der Waals surface area contributed by atoms with E-state index >= 15 is 0 Å². The first-order valence-corrected chi connectivity index (χ1v) is 10.0. The number of nitrogens with zero attached hydrogens (tertiary/aromatic N) is 1. The SMILES string of the molecule is CC1CCCC(C)N1C(=O)COc1ccc(C(=O)Nc2cccc(Cl)c2F)cc1. The van der Waals surface area contributed by atoms with Crippen LogP contribution in [0.5, 0.6) is 5.75 Å². The van der Waals surface area contributed by atoms with Crippen molar-refractivity contribution in [1.82, 2.24) is 4.90 Å². The molecular formula is C22H24ClFN2O3. The van der Waals surface area contributed by atoms with Crippen LogP contribution < -0.4 is 10.1 Å². The smallest absolute Gasteiger partial charge is 0.260 e. The van der Waals surface area contributed by atoms with Gasteiger partial charge in [0.15, 0.2) is 12.4 Å². The van der Waals surface area contributed by atoms with Gasteiger partial charge in [-0.3, -0.25) is 9.59 Å². The minimum atomic E-state index is -0.679. The fraction of sp³-hybridized carbons (Fsp3) is 0.364. The minimum Gasteiger partial charge on any atom is -0.484 e. The van der Waals surface area contributed by atoms with Crippen LogP contribution in [0.15, 0.2) is 42.5 Å². The van der Waals surface area contributed by atoms with E-state index in [-0.39, 0.29) is 35.3 Å². The van der Waals surface area contributed by atoms with Gasteiger partial charge in [-0.1, -0.05) is 17.7 Å². The molecule has 0 aromatic heterocycles. The van der Waals surface area contributed by atoms with Gasteiger partial charge in [-0.15, -0.1) is 0 Å². The zero-order valence-corrected chi connectivity index (χ0v) is 17.2. The molecule has 2 unspecified atom stereocenters. The predicted octanol–water partition coefficient (Wildman–Crippen LogP) is 4.90. The second-order valence-electron chi connectivity index (χ2n) is 7.30. The zero-order valence-electron chi connectivity index (χ0n) is 16.5. The normalized spacial score (nSPS) is 19.0. The summed E-state index contributed by atoms with van der Waals surface area (Å²) in [6.45, 7) is 4.07. The summed E-state index contributed by atoms with van der Waals surface area (Å²) in [5.74, 6) is -0.698. The monoisotopic (exact) mass is 418 g/mol. The molecule has 0 bridgehead atoms. The maximum atomic E-state index is 13.9. The lowest BCUT2D eigenvalue weighted by molar-refractivity contribution is -0.139. The first-order chi connectivity index (χ1) is 13.9. The van der Waals surface area contributed by atoms with Crippen LogP contribution in [0.3, 0.4) is 0 Å². The largest absolute Gasteiger partial charge is 0.484 e. The van der Waals surface area contributed by atoms with Crippen LogP contribution in [-0.2, 0) is 4.79 Å². The van der Waals surface area contributed by atoms with Crippen LogP contribution in [0, 0.1) is 5.82 Å². The van der Waals surface area contributed by atoms with E-state index in [1.165, 1.54) is 12.1 Å². The molecule has 3 rings (SSSR count). The molecule has 1 aliphatic heterocycles. The Labute approximate surface area is 174 Å². The molecule has 2 aromatic carbocycles. The first kappa shape index (κ1) is 21.1. The van der Waals surface area contributed by atoms with E-state index in [1.54, 1.807) is 30.3 Å². The molecule has 0 radical (unpaired) electrons. The number of nitrogens with one attached hydrogen (secondary N) is 1. The molecule has 1 N–H and O–H groups in total. The molecule has 29 heavy (non-hydrogen) atoms. The average molecular weight is 419 g/mol. The summed E-state index contributed by atoms with van der Waals surface area (Å²) >= 11 is 5.72. The molecule has 1 saturated heterocycles. The molecule has 154 valence electrons. The second kappa shape index (κ2) is 9.27. The van der Waals surface area contributed by atoms with Crippen molar-refractivity contribution in [3.63, 3.8) is 0 Å². The van der Waals surface area contributed by atoms with Gasteiger partial charge in [0, 0.05) is 17.6 Å². The van der Waals surface area contributed by atoms with Crippen LogP contribution >= 0.6 is 11.6 Å². The number of carbonyl (C=O) groups excluding carboxylic acids is 2. The quantitative estimate of drug-likeness (QED) is 0.751. The van der Waals surface area contributed by atoms with Crippen LogP contribution in [0.2, 0.25) is 5.02 Å². The van der Waals surface area contributed by atoms with Gasteiger partial charge in [0.25, 0.3) is 11.8 Å². The second-order valence-corrected chi connectivity index (χ2v) is 7.71. The summed E-state index contributed by atoms with van der Waals surface area (Å²) in [5.41, 5.74) is 0.347. The van der Waals surface area contributed by atoms with E-state index in [1.807, 2.05) is 4.90 Å². The van der Waals surface area contributed by atoms with E-state index in [2.05, 4.69) is 19.2 Å². The molecule has 2 aromatic rings. The van der Waals surface area contributed by atoms with Gasteiger partial charge in [-0.2, -0.15) is 0 Å². The highest BCUT2D eigenvalue weighted by molar-refractivity contribution is 6.31. The fourth-order valence-corrected chi connectivity index (χ4v) is 3.80. The van der Waals surface area contributed by atoms with Gasteiger partial charge >= 0.3 is 0 Å². The number of amides is 2. The van der Waals surface area contributed by atoms with Crippen LogP contribution in [0.4, 0.5) is 10.1 Å². The lowest BCUT2D eigenvalue weighted by atomic mass is 9.97. The third kappa shape index (κ3) is 5.07. The van der Waals surface area contributed by atoms with E-state index in [0.29, 0.717) is 11.3 Å². The Hall–Kier alpha value is -2.60. The van der Waals surface area contributed by atoms with Crippen molar-refractivity contribution >= 4 is 29.1 Å². The van der Waals surface area contributed by atoms with Crippen molar-refractivity contribution in [3.05, 3.63) is 58.9 Å². The van der Waals surface area contributed by atoms with Crippen LogP contribution in [0.25, 0.3) is 0 Å². The molecule has 1 heterocycles. The number of anilines is 1. The van der Waals surface area contributed by atoms with Gasteiger partial charge in [0.05, 0.1) is 10.7 Å². The number of hydrogen-bond acceptors (Lipinski definition) is 3. The molecular weight excluding hydrogens is 395 g/mol. The van der Waals surface area contributed by atoms with Gasteiger partial charge in [-0.05, 0) is 69.5 Å². The van der Waals surface area contributed by atoms with Gasteiger partial charge < -0.3 is 15.0 Å². The number of ether oxygens (including phenoxy) is 1. The van der Waals surface area contributed by atoms with Gasteiger partial charge in [0.2, 0.25) is 0 Å². The Balaban J connectivity index is 1.58. The maximum absolute atomic E-state index is 13.9. The fourth-order valence-electron chi connectivity index (χ4n) is 3.63. The number of carbonyl (C=O) groups is 2. The number of benzene rings is 2. The number of rotatable bonds is 5. The van der Waals surface area contributed by atoms with E-state index in [0.717, 1.165) is 19.3 Å². The summed E-state index contributed by atoms with van der Waals surface area (Å²) in [7, 11) is 0. The van der Waals surface area contributed by atoms with Gasteiger partial charge in [-0.25, -0.2) is 4.39 Å². The van der Waals surface area contributed by atoms with Crippen LogP contribution in [-0.4, -0.2) is 35.4 Å². The topological polar surface area (TPSA) is 58.6 Å². The number of likely N-dealkylation sites (tertiary alicyclic amines) is 1. The van der Waals surface area contributed by atoms with Crippen molar-refractivity contribution in [3.8, 4) is 5.75 Å². The third-order valence-electron chi connectivity index (χ3n) is 5.16. The molecule has 0 spiro atoms. The highest BCUT2D eigenvalue weighted by Gasteiger charge is 2.29. The zero-order chi connectivity index (χ0) is 21.0. The maximum Gasteiger partial charge on any atom is 0.260 e. The average Bonchev–Trinajstić information content (AvgIpc) is 2.70. The van der Waals surface area contributed by atoms with Crippen molar-refractivity contribution in [2.75, 3.05) is 11.9 Å². The molecule has 1 aliphatic rings. The summed E-state index contributed by atoms with van der Waals surface area (Å²) < 4.78 is 19.5. The lowest BCUT2D eigenvalue weighted by Crippen LogP contribution is -2.49. The Kier molecular flexibility index (Phi) is 6.75. The highest BCUT2D eigenvalue weighted by Crippen LogP contribution is 2.24. The number of piperidine rings is 1. The van der Waals surface area contributed by atoms with E-state index < -0.39 is 11.7 Å². The Morgan fingerprint density at radius 3 is 2.45 bits per heavy atom. The summed E-state index contributed by atoms with van der Waals surface area (Å²) in [5, 5.41) is 2.43. The Morgan fingerprint density at radius 1 is 1.14 bits per heavy atom. The van der Waals surface area contributed by atoms with Crippen molar-refractivity contribution < 1.29 is 18.7 Å². The molecule has 1 fully saturated rings. The molecule has 2 amide bonds. The highest BCUT2D eigenvalue weighted by atomic mass is 35.5. The Morgan fingerprint density at radius 2 is 1.79 bits per heavy atom. The standard InChI is InChI=1S/C22H24ClFN2O3/c1-14-5-3-6-15(2)26(14)20(27)13-29-17-11-9-16(10-12-17)22(28)25-19-8-4-7-18(23)21(19)24/h4,7-12,14-15H,3,5-6,13H2,1-2H3,(H,25,28). The lowest BCUT2D eigenvalue weighted by Gasteiger charge is -2.38. The number of halogens is 2. The van der Waals surface area contributed by atoms with Crippen molar-refractivity contribution in [1.29, 1.82) is 0 Å². The molecule has 5 nitrogen and oxygen atoms in total. The summed E-state index contributed by atoms with van der Waals surface area (Å²) in [4.78, 5) is 26.7. The van der Waals surface area contributed by atoms with Crippen molar-refractivity contribution in [2.45, 2.75) is 45.2 Å². The number of hydrogen-bond donors (Lipinski definition) is 1. The summed E-state index contributed by atoms with van der Waals surface area (Å²) in [6.07, 6.45) is 3.15. The Bertz CT molecular complexity index is 878. The first-order valence-electron chi connectivity index (χ1n) is 9.66.